The van der Waals surface area contributed by atoms with E-state index in [1.54, 1.807) is 25.3 Å². The van der Waals surface area contributed by atoms with Gasteiger partial charge in [0.15, 0.2) is 0 Å². The number of carboxylic acid groups (broad SMARTS) is 1. The third kappa shape index (κ3) is 4.57. The Hall–Kier alpha value is -2.11. The second-order valence-corrected chi connectivity index (χ2v) is 4.47. The summed E-state index contributed by atoms with van der Waals surface area (Å²) in [6.07, 6.45) is 1.75. The van der Waals surface area contributed by atoms with Crippen LogP contribution in [0.15, 0.2) is 29.2 Å². The average Bonchev–Trinajstić information content (AvgIpc) is 2.36. The first-order valence-electron chi connectivity index (χ1n) is 6.09. The van der Waals surface area contributed by atoms with Crippen molar-refractivity contribution in [3.05, 3.63) is 34.7 Å². The van der Waals surface area contributed by atoms with Crippen molar-refractivity contribution in [2.75, 3.05) is 0 Å². The van der Waals surface area contributed by atoms with Crippen molar-refractivity contribution in [2.45, 2.75) is 32.9 Å². The average molecular weight is 266 g/mol. The van der Waals surface area contributed by atoms with Gasteiger partial charge >= 0.3 is 5.97 Å². The predicted octanol–water partition coefficient (Wildman–Crippen LogP) is 0.464. The van der Waals surface area contributed by atoms with Gasteiger partial charge in [0.05, 0.1) is 5.92 Å². The highest BCUT2D eigenvalue weighted by Gasteiger charge is 2.20. The largest absolute Gasteiger partial charge is 0.481 e. The van der Waals surface area contributed by atoms with Crippen LogP contribution in [0, 0.1) is 5.92 Å². The summed E-state index contributed by atoms with van der Waals surface area (Å²) in [5.41, 5.74) is -0.165. The third-order valence-corrected chi connectivity index (χ3v) is 3.01. The van der Waals surface area contributed by atoms with E-state index in [9.17, 15) is 14.4 Å². The summed E-state index contributed by atoms with van der Waals surface area (Å²) in [7, 11) is 0. The van der Waals surface area contributed by atoms with Gasteiger partial charge in [0.2, 0.25) is 5.91 Å². The molecule has 1 heterocycles. The van der Waals surface area contributed by atoms with Crippen molar-refractivity contribution in [1.82, 2.24) is 9.88 Å². The van der Waals surface area contributed by atoms with Crippen LogP contribution < -0.4 is 10.9 Å². The van der Waals surface area contributed by atoms with Gasteiger partial charge in [0, 0.05) is 31.3 Å². The lowest BCUT2D eigenvalue weighted by molar-refractivity contribution is -0.142. The quantitative estimate of drug-likeness (QED) is 0.783. The molecule has 6 nitrogen and oxygen atoms in total. The highest BCUT2D eigenvalue weighted by atomic mass is 16.4. The first-order valence-corrected chi connectivity index (χ1v) is 6.09. The Labute approximate surface area is 111 Å². The van der Waals surface area contributed by atoms with Crippen LogP contribution in [0.2, 0.25) is 0 Å². The molecule has 0 saturated carbocycles. The van der Waals surface area contributed by atoms with E-state index in [4.69, 9.17) is 5.11 Å². The number of aromatic nitrogens is 1. The van der Waals surface area contributed by atoms with E-state index in [-0.39, 0.29) is 24.4 Å². The number of pyridine rings is 1. The molecule has 0 saturated heterocycles. The van der Waals surface area contributed by atoms with Crippen LogP contribution in [0.1, 0.15) is 20.3 Å². The predicted molar refractivity (Wildman–Crippen MR) is 69.7 cm³/mol. The molecular formula is C13H18N2O4. The molecule has 2 N–H and O–H groups in total. The maximum Gasteiger partial charge on any atom is 0.308 e. The fourth-order valence-corrected chi connectivity index (χ4v) is 1.53. The number of aliphatic carboxylic acids is 1. The molecule has 1 amide bonds. The molecular weight excluding hydrogens is 248 g/mol. The van der Waals surface area contributed by atoms with E-state index < -0.39 is 17.9 Å². The zero-order chi connectivity index (χ0) is 14.4. The van der Waals surface area contributed by atoms with Crippen LogP contribution in [0.5, 0.6) is 0 Å². The smallest absolute Gasteiger partial charge is 0.308 e. The van der Waals surface area contributed by atoms with E-state index >= 15 is 0 Å². The molecule has 0 aliphatic heterocycles. The van der Waals surface area contributed by atoms with Crippen molar-refractivity contribution < 1.29 is 14.7 Å². The van der Waals surface area contributed by atoms with Gasteiger partial charge < -0.3 is 15.0 Å². The zero-order valence-corrected chi connectivity index (χ0v) is 11.0. The number of carbonyl (C=O) groups is 2. The van der Waals surface area contributed by atoms with Crippen LogP contribution in [0.4, 0.5) is 0 Å². The summed E-state index contributed by atoms with van der Waals surface area (Å²) in [6, 6.07) is 4.33. The summed E-state index contributed by atoms with van der Waals surface area (Å²) < 4.78 is 1.44. The summed E-state index contributed by atoms with van der Waals surface area (Å²) in [4.78, 5) is 33.8. The molecule has 0 aliphatic rings. The molecule has 1 aromatic heterocycles. The molecule has 19 heavy (non-hydrogen) atoms. The minimum absolute atomic E-state index is 0.139. The molecule has 1 aromatic rings. The summed E-state index contributed by atoms with van der Waals surface area (Å²) >= 11 is 0. The van der Waals surface area contributed by atoms with Crippen LogP contribution in [-0.2, 0) is 16.1 Å². The van der Waals surface area contributed by atoms with Crippen LogP contribution in [0.3, 0.4) is 0 Å². The number of aryl methyl sites for hydroxylation is 1. The van der Waals surface area contributed by atoms with E-state index in [1.807, 2.05) is 0 Å². The lowest BCUT2D eigenvalue weighted by Gasteiger charge is -2.17. The standard InChI is InChI=1S/C13H18N2O4/c1-9(13(18)19)10(2)14-11(16)6-8-15-7-4-3-5-12(15)17/h3-5,7,9-10H,6,8H2,1-2H3,(H,14,16)(H,18,19). The Kier molecular flexibility index (Phi) is 5.29. The lowest BCUT2D eigenvalue weighted by atomic mass is 10.0. The minimum Gasteiger partial charge on any atom is -0.481 e. The molecule has 6 heteroatoms. The number of hydrogen-bond acceptors (Lipinski definition) is 3. The van der Waals surface area contributed by atoms with Crippen molar-refractivity contribution in [3.63, 3.8) is 0 Å². The first kappa shape index (κ1) is 14.9. The summed E-state index contributed by atoms with van der Waals surface area (Å²) in [6.45, 7) is 3.46. The number of nitrogens with zero attached hydrogens (tertiary/aromatic N) is 1. The summed E-state index contributed by atoms with van der Waals surface area (Å²) in [5, 5.41) is 11.4. The van der Waals surface area contributed by atoms with Crippen molar-refractivity contribution in [3.8, 4) is 0 Å². The third-order valence-electron chi connectivity index (χ3n) is 3.01. The van der Waals surface area contributed by atoms with Crippen LogP contribution in [0.25, 0.3) is 0 Å². The molecule has 0 fully saturated rings. The number of hydrogen-bond donors (Lipinski definition) is 2. The van der Waals surface area contributed by atoms with E-state index in [1.165, 1.54) is 17.6 Å². The highest BCUT2D eigenvalue weighted by molar-refractivity contribution is 5.77. The Bertz CT molecular complexity index is 509. The Morgan fingerprint density at radius 1 is 1.37 bits per heavy atom. The molecule has 0 aliphatic carbocycles. The Morgan fingerprint density at radius 3 is 2.63 bits per heavy atom. The number of carbonyl (C=O) groups excluding carboxylic acids is 1. The maximum atomic E-state index is 11.6. The van der Waals surface area contributed by atoms with Gasteiger partial charge in [-0.2, -0.15) is 0 Å². The van der Waals surface area contributed by atoms with Crippen LogP contribution in [-0.4, -0.2) is 27.6 Å². The molecule has 104 valence electrons. The summed E-state index contributed by atoms with van der Waals surface area (Å²) in [5.74, 6) is -1.87. The minimum atomic E-state index is -0.952. The van der Waals surface area contributed by atoms with E-state index in [0.717, 1.165) is 0 Å². The van der Waals surface area contributed by atoms with Gasteiger partial charge in [-0.05, 0) is 19.9 Å². The fraction of sp³-hybridized carbons (Fsp3) is 0.462. The SMILES string of the molecule is CC(NC(=O)CCn1ccccc1=O)C(C)C(=O)O. The van der Waals surface area contributed by atoms with Crippen molar-refractivity contribution >= 4 is 11.9 Å². The number of carboxylic acids is 1. The maximum absolute atomic E-state index is 11.6. The number of nitrogens with one attached hydrogen (secondary N) is 1. The molecule has 0 aromatic carbocycles. The van der Waals surface area contributed by atoms with Gasteiger partial charge in [-0.15, -0.1) is 0 Å². The number of rotatable bonds is 6. The molecule has 0 spiro atoms. The van der Waals surface area contributed by atoms with Gasteiger partial charge in [-0.25, -0.2) is 0 Å². The van der Waals surface area contributed by atoms with E-state index in [0.29, 0.717) is 0 Å². The van der Waals surface area contributed by atoms with Gasteiger partial charge in [0.1, 0.15) is 0 Å². The van der Waals surface area contributed by atoms with Gasteiger partial charge in [-0.3, -0.25) is 14.4 Å². The first-order chi connectivity index (χ1) is 8.91. The Balaban J connectivity index is 2.47. The normalized spacial score (nSPS) is 13.6. The van der Waals surface area contributed by atoms with Gasteiger partial charge in [-0.1, -0.05) is 6.07 Å². The molecule has 0 radical (unpaired) electrons. The van der Waals surface area contributed by atoms with Crippen molar-refractivity contribution in [2.24, 2.45) is 5.92 Å². The monoisotopic (exact) mass is 266 g/mol. The van der Waals surface area contributed by atoms with Crippen LogP contribution >= 0.6 is 0 Å². The highest BCUT2D eigenvalue weighted by Crippen LogP contribution is 2.02. The molecule has 2 atom stereocenters. The molecule has 0 bridgehead atoms. The lowest BCUT2D eigenvalue weighted by Crippen LogP contribution is -2.40. The Morgan fingerprint density at radius 2 is 2.05 bits per heavy atom. The van der Waals surface area contributed by atoms with Gasteiger partial charge in [0.25, 0.3) is 5.56 Å². The molecule has 1 rings (SSSR count). The molecule has 2 unspecified atom stereocenters. The topological polar surface area (TPSA) is 88.4 Å². The second-order valence-electron chi connectivity index (χ2n) is 4.47. The number of amides is 1. The van der Waals surface area contributed by atoms with Crippen molar-refractivity contribution in [1.29, 1.82) is 0 Å². The van der Waals surface area contributed by atoms with E-state index in [2.05, 4.69) is 5.32 Å². The fourth-order valence-electron chi connectivity index (χ4n) is 1.53. The zero-order valence-electron chi connectivity index (χ0n) is 11.0. The second kappa shape index (κ2) is 6.72.